The predicted octanol–water partition coefficient (Wildman–Crippen LogP) is 26.2. The third-order valence-corrected chi connectivity index (χ3v) is 18.6. The molecule has 0 amide bonds. The van der Waals surface area contributed by atoms with E-state index >= 15 is 0 Å². The SMILES string of the molecule is CN(c1ccc(-c2ccc(N(c3ccc(-c4ccccc4)cc3)c3ccc(-c4ccccc4)cc3)cc2)cc1)c1ccc2ccccc2c1.CN(c1ccc(-c2ccc(N(c3ccc(-c4ccccc4)cc3)c3ccc(-c4ccccc4)cc3)cc2)cc1)c1cccc2ccccc12. The second-order valence-electron chi connectivity index (χ2n) is 24.7. The van der Waals surface area contributed by atoms with Gasteiger partial charge in [0.25, 0.3) is 0 Å². The zero-order valence-electron chi connectivity index (χ0n) is 54.9. The van der Waals surface area contributed by atoms with E-state index in [2.05, 4.69) is 434 Å². The summed E-state index contributed by atoms with van der Waals surface area (Å²) in [6.07, 6.45) is 0. The summed E-state index contributed by atoms with van der Waals surface area (Å²) >= 11 is 0. The van der Waals surface area contributed by atoms with Gasteiger partial charge in [0.2, 0.25) is 0 Å². The monoisotopic (exact) mass is 1260 g/mol. The summed E-state index contributed by atoms with van der Waals surface area (Å²) in [7, 11) is 4.26. The molecule has 0 bridgehead atoms. The van der Waals surface area contributed by atoms with Crippen molar-refractivity contribution in [3.05, 3.63) is 400 Å². The molecule has 4 heteroatoms. The second-order valence-corrected chi connectivity index (χ2v) is 24.7. The highest BCUT2D eigenvalue weighted by Gasteiger charge is 2.18. The van der Waals surface area contributed by atoms with Crippen molar-refractivity contribution in [3.63, 3.8) is 0 Å². The van der Waals surface area contributed by atoms with Gasteiger partial charge in [0.1, 0.15) is 0 Å². The highest BCUT2D eigenvalue weighted by atomic mass is 15.1. The molecule has 0 fully saturated rings. The molecule has 16 aromatic carbocycles. The van der Waals surface area contributed by atoms with E-state index in [4.69, 9.17) is 0 Å². The number of fused-ring (bicyclic) bond motifs is 2. The molecule has 0 aliphatic rings. The van der Waals surface area contributed by atoms with Crippen LogP contribution in [0.1, 0.15) is 0 Å². The maximum Gasteiger partial charge on any atom is 0.0487 e. The molecule has 98 heavy (non-hydrogen) atoms. The zero-order chi connectivity index (χ0) is 66.0. The largest absolute Gasteiger partial charge is 0.345 e. The third kappa shape index (κ3) is 13.5. The Balaban J connectivity index is 0.000000160. The lowest BCUT2D eigenvalue weighted by Gasteiger charge is -2.26. The van der Waals surface area contributed by atoms with E-state index in [1.807, 2.05) is 0 Å². The average molecular weight is 1260 g/mol. The minimum absolute atomic E-state index is 1.11. The van der Waals surface area contributed by atoms with E-state index in [9.17, 15) is 0 Å². The molecule has 468 valence electrons. The molecule has 0 aromatic heterocycles. The highest BCUT2D eigenvalue weighted by Crippen LogP contribution is 2.41. The topological polar surface area (TPSA) is 13.0 Å². The maximum atomic E-state index is 2.33. The van der Waals surface area contributed by atoms with Gasteiger partial charge >= 0.3 is 0 Å². The van der Waals surface area contributed by atoms with Gasteiger partial charge in [-0.1, -0.05) is 285 Å². The van der Waals surface area contributed by atoms with Crippen molar-refractivity contribution < 1.29 is 0 Å². The van der Waals surface area contributed by atoms with Gasteiger partial charge in [0, 0.05) is 76.4 Å². The van der Waals surface area contributed by atoms with E-state index < -0.39 is 0 Å². The van der Waals surface area contributed by atoms with Crippen molar-refractivity contribution in [1.29, 1.82) is 0 Å². The Morgan fingerprint density at radius 3 is 0.714 bits per heavy atom. The van der Waals surface area contributed by atoms with E-state index in [0.29, 0.717) is 0 Å². The molecule has 0 atom stereocenters. The molecule has 0 unspecified atom stereocenters. The molecule has 16 aromatic rings. The molecular formula is C94H72N4. The van der Waals surface area contributed by atoms with Gasteiger partial charge in [-0.15, -0.1) is 0 Å². The summed E-state index contributed by atoms with van der Waals surface area (Å²) in [5, 5.41) is 5.00. The Hall–Kier alpha value is -12.8. The van der Waals surface area contributed by atoms with Crippen LogP contribution in [0.3, 0.4) is 0 Å². The van der Waals surface area contributed by atoms with Crippen molar-refractivity contribution in [2.45, 2.75) is 0 Å². The summed E-state index contributed by atoms with van der Waals surface area (Å²) in [6, 6.07) is 143. The van der Waals surface area contributed by atoms with E-state index in [1.165, 1.54) is 99.7 Å². The first-order chi connectivity index (χ1) is 48.4. The average Bonchev–Trinajstić information content (AvgIpc) is 0.827. The number of nitrogens with zero attached hydrogens (tertiary/aromatic N) is 4. The van der Waals surface area contributed by atoms with Crippen LogP contribution in [0, 0.1) is 0 Å². The molecule has 0 aliphatic carbocycles. The number of hydrogen-bond acceptors (Lipinski definition) is 4. The first kappa shape index (κ1) is 61.4. The van der Waals surface area contributed by atoms with E-state index in [0.717, 1.165) is 45.5 Å². The molecule has 0 spiro atoms. The maximum absolute atomic E-state index is 2.33. The first-order valence-electron chi connectivity index (χ1n) is 33.5. The van der Waals surface area contributed by atoms with Gasteiger partial charge in [-0.05, 0) is 198 Å². The van der Waals surface area contributed by atoms with Crippen LogP contribution in [0.15, 0.2) is 400 Å². The molecule has 0 heterocycles. The highest BCUT2D eigenvalue weighted by molar-refractivity contribution is 5.96. The smallest absolute Gasteiger partial charge is 0.0487 e. The number of benzene rings is 16. The van der Waals surface area contributed by atoms with Gasteiger partial charge in [0.15, 0.2) is 0 Å². The minimum atomic E-state index is 1.11. The van der Waals surface area contributed by atoms with Crippen LogP contribution < -0.4 is 19.6 Å². The summed E-state index contributed by atoms with van der Waals surface area (Å²) in [5.74, 6) is 0. The van der Waals surface area contributed by atoms with Crippen molar-refractivity contribution in [2.24, 2.45) is 0 Å². The molecular weight excluding hydrogens is 1190 g/mol. The Bertz CT molecular complexity index is 5080. The van der Waals surface area contributed by atoms with Crippen LogP contribution in [0.2, 0.25) is 0 Å². The lowest BCUT2D eigenvalue weighted by Crippen LogP contribution is -2.10. The third-order valence-electron chi connectivity index (χ3n) is 18.6. The van der Waals surface area contributed by atoms with Gasteiger partial charge in [-0.25, -0.2) is 0 Å². The molecule has 0 aliphatic heterocycles. The lowest BCUT2D eigenvalue weighted by atomic mass is 10.0. The molecule has 16 rings (SSSR count). The number of rotatable bonds is 16. The summed E-state index contributed by atoms with van der Waals surface area (Å²) < 4.78 is 0. The van der Waals surface area contributed by atoms with Crippen LogP contribution in [-0.4, -0.2) is 14.1 Å². The van der Waals surface area contributed by atoms with Crippen LogP contribution in [-0.2, 0) is 0 Å². The summed E-state index contributed by atoms with van der Waals surface area (Å²) in [5.41, 5.74) is 25.7. The molecule has 0 saturated heterocycles. The summed E-state index contributed by atoms with van der Waals surface area (Å²) in [4.78, 5) is 9.16. The summed E-state index contributed by atoms with van der Waals surface area (Å²) in [6.45, 7) is 0. The molecule has 0 N–H and O–H groups in total. The van der Waals surface area contributed by atoms with Crippen molar-refractivity contribution in [2.75, 3.05) is 33.7 Å². The van der Waals surface area contributed by atoms with Crippen molar-refractivity contribution in [3.8, 4) is 66.8 Å². The molecule has 0 saturated carbocycles. The standard InChI is InChI=1S/2C47H36N2/c1-48(47-18-10-16-41-15-8-9-17-46(41)47)42-27-19-39(20-28-42)40-25-33-45(34-26-40)49(43-29-21-37(22-30-43)35-11-4-2-5-12-35)44-31-23-38(24-32-44)36-13-6-3-7-14-36;1-48(47-33-24-37-14-8-9-15-42(37)34-47)43-25-16-40(17-26-43)41-22-31-46(32-23-41)49(44-27-18-38(19-28-44)35-10-4-2-5-11-35)45-29-20-39(21-30-45)36-12-6-3-7-13-36/h2*2-34H,1H3. The number of anilines is 10. The lowest BCUT2D eigenvalue weighted by molar-refractivity contribution is 1.21. The van der Waals surface area contributed by atoms with Gasteiger partial charge in [0.05, 0.1) is 0 Å². The first-order valence-corrected chi connectivity index (χ1v) is 33.5. The number of hydrogen-bond donors (Lipinski definition) is 0. The Morgan fingerprint density at radius 2 is 0.388 bits per heavy atom. The fourth-order valence-corrected chi connectivity index (χ4v) is 13.2. The molecule has 4 nitrogen and oxygen atoms in total. The van der Waals surface area contributed by atoms with Crippen molar-refractivity contribution in [1.82, 2.24) is 0 Å². The second kappa shape index (κ2) is 28.4. The van der Waals surface area contributed by atoms with Gasteiger partial charge < -0.3 is 19.6 Å². The van der Waals surface area contributed by atoms with Crippen LogP contribution in [0.5, 0.6) is 0 Å². The van der Waals surface area contributed by atoms with Gasteiger partial charge in [-0.2, -0.15) is 0 Å². The fraction of sp³-hybridized carbons (Fsp3) is 0.0213. The van der Waals surface area contributed by atoms with E-state index in [1.54, 1.807) is 0 Å². The Labute approximate surface area is 575 Å². The molecule has 0 radical (unpaired) electrons. The van der Waals surface area contributed by atoms with E-state index in [-0.39, 0.29) is 0 Å². The van der Waals surface area contributed by atoms with Crippen LogP contribution in [0.25, 0.3) is 88.3 Å². The predicted molar refractivity (Wildman–Crippen MR) is 419 cm³/mol. The van der Waals surface area contributed by atoms with Crippen molar-refractivity contribution >= 4 is 78.4 Å². The fourth-order valence-electron chi connectivity index (χ4n) is 13.2. The Kier molecular flexibility index (Phi) is 17.8. The minimum Gasteiger partial charge on any atom is -0.345 e. The van der Waals surface area contributed by atoms with Gasteiger partial charge in [-0.3, -0.25) is 0 Å². The quantitative estimate of drug-likeness (QED) is 0.0956. The van der Waals surface area contributed by atoms with Crippen LogP contribution in [0.4, 0.5) is 56.9 Å². The zero-order valence-corrected chi connectivity index (χ0v) is 54.9. The normalized spacial score (nSPS) is 11.0. The van der Waals surface area contributed by atoms with Crippen LogP contribution >= 0.6 is 0 Å². The Morgan fingerprint density at radius 1 is 0.153 bits per heavy atom.